The fourth-order valence-corrected chi connectivity index (χ4v) is 4.69. The number of ether oxygens (including phenoxy) is 1. The molecule has 1 saturated heterocycles. The Morgan fingerprint density at radius 3 is 2.96 bits per heavy atom. The first kappa shape index (κ1) is 14.7. The molecule has 0 saturated carbocycles. The van der Waals surface area contributed by atoms with Gasteiger partial charge in [0.1, 0.15) is 11.4 Å². The first-order chi connectivity index (χ1) is 11.2. The molecule has 120 valence electrons. The maximum absolute atomic E-state index is 12.6. The van der Waals surface area contributed by atoms with Gasteiger partial charge in [-0.25, -0.2) is 0 Å². The van der Waals surface area contributed by atoms with Gasteiger partial charge in [-0.05, 0) is 42.3 Å². The molecule has 1 spiro atoms. The number of thiophene rings is 1. The van der Waals surface area contributed by atoms with Gasteiger partial charge in [0.05, 0.1) is 18.4 Å². The number of hydrogen-bond acceptors (Lipinski definition) is 5. The average molecular weight is 330 g/mol. The molecule has 1 fully saturated rings. The van der Waals surface area contributed by atoms with E-state index in [2.05, 4.69) is 16.4 Å². The van der Waals surface area contributed by atoms with Gasteiger partial charge in [0.15, 0.2) is 0 Å². The van der Waals surface area contributed by atoms with Crippen LogP contribution in [-0.4, -0.2) is 40.6 Å². The zero-order valence-electron chi connectivity index (χ0n) is 12.7. The molecule has 5 nitrogen and oxygen atoms in total. The van der Waals surface area contributed by atoms with E-state index in [4.69, 9.17) is 4.74 Å². The Labute approximate surface area is 138 Å². The monoisotopic (exact) mass is 330 g/mol. The van der Waals surface area contributed by atoms with E-state index in [0.29, 0.717) is 18.7 Å². The zero-order chi connectivity index (χ0) is 15.9. The molecule has 4 rings (SSSR count). The Kier molecular flexibility index (Phi) is 3.58. The molecule has 2 aromatic rings. The summed E-state index contributed by atoms with van der Waals surface area (Å²) in [4.78, 5) is 19.6. The Balaban J connectivity index is 1.51. The minimum atomic E-state index is -0.213. The minimum Gasteiger partial charge on any atom is -0.506 e. The van der Waals surface area contributed by atoms with E-state index in [-0.39, 0.29) is 17.3 Å². The van der Waals surface area contributed by atoms with Gasteiger partial charge in [0.25, 0.3) is 5.91 Å². The summed E-state index contributed by atoms with van der Waals surface area (Å²) in [6, 6.07) is 3.66. The molecule has 1 amide bonds. The van der Waals surface area contributed by atoms with Crippen LogP contribution in [-0.2, 0) is 16.8 Å². The predicted molar refractivity (Wildman–Crippen MR) is 86.7 cm³/mol. The third kappa shape index (κ3) is 2.52. The van der Waals surface area contributed by atoms with Crippen molar-refractivity contribution in [2.24, 2.45) is 0 Å². The second kappa shape index (κ2) is 5.62. The van der Waals surface area contributed by atoms with Crippen molar-refractivity contribution in [3.8, 4) is 5.75 Å². The molecule has 23 heavy (non-hydrogen) atoms. The minimum absolute atomic E-state index is 0.0168. The van der Waals surface area contributed by atoms with Crippen molar-refractivity contribution in [2.75, 3.05) is 19.7 Å². The van der Waals surface area contributed by atoms with Crippen LogP contribution in [0.15, 0.2) is 29.9 Å². The summed E-state index contributed by atoms with van der Waals surface area (Å²) in [5.41, 5.74) is 1.62. The largest absolute Gasteiger partial charge is 0.506 e. The van der Waals surface area contributed by atoms with Gasteiger partial charge in [0, 0.05) is 24.2 Å². The maximum Gasteiger partial charge on any atom is 0.255 e. The third-order valence-electron chi connectivity index (χ3n) is 4.74. The molecule has 2 aliphatic heterocycles. The lowest BCUT2D eigenvalue weighted by Crippen LogP contribution is -2.47. The van der Waals surface area contributed by atoms with E-state index < -0.39 is 0 Å². The van der Waals surface area contributed by atoms with Crippen molar-refractivity contribution < 1.29 is 14.6 Å². The van der Waals surface area contributed by atoms with Crippen LogP contribution in [0.1, 0.15) is 33.6 Å². The van der Waals surface area contributed by atoms with E-state index in [1.54, 1.807) is 11.3 Å². The van der Waals surface area contributed by atoms with Crippen LogP contribution in [0.5, 0.6) is 5.75 Å². The van der Waals surface area contributed by atoms with E-state index >= 15 is 0 Å². The summed E-state index contributed by atoms with van der Waals surface area (Å²) >= 11 is 1.77. The van der Waals surface area contributed by atoms with Gasteiger partial charge < -0.3 is 14.7 Å². The lowest BCUT2D eigenvalue weighted by atomic mass is 9.85. The summed E-state index contributed by atoms with van der Waals surface area (Å²) in [7, 11) is 0. The number of nitrogens with zero attached hydrogens (tertiary/aromatic N) is 2. The average Bonchev–Trinajstić information content (AvgIpc) is 3.05. The molecule has 6 heteroatoms. The SMILES string of the molecule is O=C(c1cncc(O)c1)N1CCC2(CC1)OCCc1ccsc12. The summed E-state index contributed by atoms with van der Waals surface area (Å²) in [6.45, 7) is 2.08. The van der Waals surface area contributed by atoms with E-state index in [0.717, 1.165) is 25.9 Å². The van der Waals surface area contributed by atoms with Gasteiger partial charge in [-0.2, -0.15) is 0 Å². The van der Waals surface area contributed by atoms with Crippen LogP contribution in [0.2, 0.25) is 0 Å². The molecule has 0 bridgehead atoms. The second-order valence-corrected chi connectivity index (χ2v) is 7.01. The number of likely N-dealkylation sites (tertiary alicyclic amines) is 1. The molecule has 0 aromatic carbocycles. The van der Waals surface area contributed by atoms with Crippen molar-refractivity contribution in [1.82, 2.24) is 9.88 Å². The lowest BCUT2D eigenvalue weighted by molar-refractivity contribution is -0.0906. The van der Waals surface area contributed by atoms with Gasteiger partial charge in [0.2, 0.25) is 0 Å². The Bertz CT molecular complexity index is 735. The molecule has 0 unspecified atom stereocenters. The number of fused-ring (bicyclic) bond motifs is 2. The summed E-state index contributed by atoms with van der Waals surface area (Å²) < 4.78 is 6.16. The van der Waals surface area contributed by atoms with Crippen LogP contribution in [0.25, 0.3) is 0 Å². The fraction of sp³-hybridized carbons (Fsp3) is 0.412. The summed E-state index contributed by atoms with van der Waals surface area (Å²) in [5.74, 6) is -0.0615. The smallest absolute Gasteiger partial charge is 0.255 e. The molecule has 0 radical (unpaired) electrons. The number of rotatable bonds is 1. The number of aromatic nitrogens is 1. The fourth-order valence-electron chi connectivity index (χ4n) is 3.52. The molecule has 2 aliphatic rings. The topological polar surface area (TPSA) is 62.7 Å². The van der Waals surface area contributed by atoms with Gasteiger partial charge in [-0.3, -0.25) is 9.78 Å². The first-order valence-electron chi connectivity index (χ1n) is 7.82. The highest BCUT2D eigenvalue weighted by molar-refractivity contribution is 7.10. The molecule has 4 heterocycles. The number of hydrogen-bond donors (Lipinski definition) is 1. The molecule has 1 N–H and O–H groups in total. The highest BCUT2D eigenvalue weighted by Gasteiger charge is 2.42. The zero-order valence-corrected chi connectivity index (χ0v) is 13.5. The van der Waals surface area contributed by atoms with E-state index in [1.165, 1.54) is 28.9 Å². The molecule has 2 aromatic heterocycles. The standard InChI is InChI=1S/C17H18N2O3S/c20-14-9-13(10-18-11-14)16(21)19-5-3-17(4-6-19)15-12(1-7-22-17)2-8-23-15/h2,8-11,20H,1,3-7H2. The molecule has 0 atom stereocenters. The number of carbonyl (C=O) groups is 1. The van der Waals surface area contributed by atoms with Gasteiger partial charge in [-0.15, -0.1) is 11.3 Å². The third-order valence-corrected chi connectivity index (χ3v) is 5.88. The van der Waals surface area contributed by atoms with Crippen molar-refractivity contribution in [1.29, 1.82) is 0 Å². The highest BCUT2D eigenvalue weighted by atomic mass is 32.1. The quantitative estimate of drug-likeness (QED) is 0.873. The number of amides is 1. The van der Waals surface area contributed by atoms with Gasteiger partial charge >= 0.3 is 0 Å². The predicted octanol–water partition coefficient (Wildman–Crippen LogP) is 2.55. The second-order valence-electron chi connectivity index (χ2n) is 6.09. The molecule has 0 aliphatic carbocycles. The van der Waals surface area contributed by atoms with Crippen molar-refractivity contribution in [2.45, 2.75) is 24.9 Å². The van der Waals surface area contributed by atoms with Crippen molar-refractivity contribution in [3.63, 3.8) is 0 Å². The number of piperidine rings is 1. The van der Waals surface area contributed by atoms with Crippen molar-refractivity contribution in [3.05, 3.63) is 45.9 Å². The summed E-state index contributed by atoms with van der Waals surface area (Å²) in [5, 5.41) is 11.6. The first-order valence-corrected chi connectivity index (χ1v) is 8.70. The van der Waals surface area contributed by atoms with Gasteiger partial charge in [-0.1, -0.05) is 0 Å². The number of pyridine rings is 1. The van der Waals surface area contributed by atoms with Crippen LogP contribution >= 0.6 is 11.3 Å². The van der Waals surface area contributed by atoms with Crippen LogP contribution < -0.4 is 0 Å². The Morgan fingerprint density at radius 2 is 2.17 bits per heavy atom. The van der Waals surface area contributed by atoms with Crippen molar-refractivity contribution >= 4 is 17.2 Å². The molecular formula is C17H18N2O3S. The maximum atomic E-state index is 12.6. The molecular weight excluding hydrogens is 312 g/mol. The van der Waals surface area contributed by atoms with Crippen LogP contribution in [0.3, 0.4) is 0 Å². The summed E-state index contributed by atoms with van der Waals surface area (Å²) in [6.07, 6.45) is 5.45. The van der Waals surface area contributed by atoms with E-state index in [9.17, 15) is 9.90 Å². The van der Waals surface area contributed by atoms with Crippen LogP contribution in [0, 0.1) is 0 Å². The normalized spacial score (nSPS) is 19.6. The number of carbonyl (C=O) groups excluding carboxylic acids is 1. The highest BCUT2D eigenvalue weighted by Crippen LogP contribution is 2.44. The Morgan fingerprint density at radius 1 is 1.35 bits per heavy atom. The van der Waals surface area contributed by atoms with E-state index in [1.807, 2.05) is 4.90 Å². The Hall–Kier alpha value is -1.92. The number of aromatic hydroxyl groups is 1. The van der Waals surface area contributed by atoms with Crippen LogP contribution in [0.4, 0.5) is 0 Å². The lowest BCUT2D eigenvalue weighted by Gasteiger charge is -2.43.